The van der Waals surface area contributed by atoms with Crippen LogP contribution in [0.4, 0.5) is 4.39 Å². The highest BCUT2D eigenvalue weighted by molar-refractivity contribution is 5.35. The number of hydrogen-bond donors (Lipinski definition) is 1. The van der Waals surface area contributed by atoms with E-state index in [4.69, 9.17) is 9.47 Å². The summed E-state index contributed by atoms with van der Waals surface area (Å²) in [5.74, 6) is 0.0351. The summed E-state index contributed by atoms with van der Waals surface area (Å²) in [4.78, 5) is 2.20. The third-order valence-corrected chi connectivity index (χ3v) is 3.55. The first-order valence-electron chi connectivity index (χ1n) is 7.61. The van der Waals surface area contributed by atoms with Gasteiger partial charge in [0.25, 0.3) is 0 Å². The van der Waals surface area contributed by atoms with Crippen LogP contribution in [-0.4, -0.2) is 50.9 Å². The highest BCUT2D eigenvalue weighted by Crippen LogP contribution is 2.23. The van der Waals surface area contributed by atoms with Crippen LogP contribution >= 0.6 is 0 Å². The Morgan fingerprint density at radius 2 is 2.33 bits per heavy atom. The fourth-order valence-corrected chi connectivity index (χ4v) is 2.40. The highest BCUT2D eigenvalue weighted by Gasteiger charge is 2.19. The van der Waals surface area contributed by atoms with Crippen molar-refractivity contribution in [1.82, 2.24) is 10.2 Å². The van der Waals surface area contributed by atoms with Crippen LogP contribution in [0.15, 0.2) is 18.2 Å². The summed E-state index contributed by atoms with van der Waals surface area (Å²) in [7, 11) is 2.05. The average Bonchev–Trinajstić information content (AvgIpc) is 2.47. The highest BCUT2D eigenvalue weighted by atomic mass is 19.1. The lowest BCUT2D eigenvalue weighted by Gasteiger charge is -2.30. The molecule has 4 nitrogen and oxygen atoms in total. The number of hydrogen-bond acceptors (Lipinski definition) is 4. The van der Waals surface area contributed by atoms with E-state index in [1.54, 1.807) is 6.07 Å². The van der Waals surface area contributed by atoms with Crippen LogP contribution < -0.4 is 10.1 Å². The minimum Gasteiger partial charge on any atom is -0.487 e. The predicted octanol–water partition coefficient (Wildman–Crippen LogP) is 2.03. The molecule has 0 spiro atoms. The molecule has 0 radical (unpaired) electrons. The number of nitrogens with zero attached hydrogens (tertiary/aromatic N) is 1. The van der Waals surface area contributed by atoms with Gasteiger partial charge in [-0.1, -0.05) is 19.1 Å². The summed E-state index contributed by atoms with van der Waals surface area (Å²) < 4.78 is 25.3. The molecule has 1 aromatic carbocycles. The molecule has 1 heterocycles. The van der Waals surface area contributed by atoms with Gasteiger partial charge in [0.1, 0.15) is 12.7 Å². The largest absolute Gasteiger partial charge is 0.487 e. The zero-order valence-electron chi connectivity index (χ0n) is 12.9. The van der Waals surface area contributed by atoms with Gasteiger partial charge in [0.05, 0.1) is 6.61 Å². The lowest BCUT2D eigenvalue weighted by molar-refractivity contribution is -0.0409. The molecule has 1 N–H and O–H groups in total. The Morgan fingerprint density at radius 3 is 3.10 bits per heavy atom. The fraction of sp³-hybridized carbons (Fsp3) is 0.625. The van der Waals surface area contributed by atoms with E-state index in [1.165, 1.54) is 6.07 Å². The minimum atomic E-state index is -0.310. The zero-order chi connectivity index (χ0) is 15.1. The zero-order valence-corrected chi connectivity index (χ0v) is 12.9. The van der Waals surface area contributed by atoms with Crippen molar-refractivity contribution >= 4 is 0 Å². The number of rotatable bonds is 7. The smallest absolute Gasteiger partial charge is 0.165 e. The van der Waals surface area contributed by atoms with Gasteiger partial charge >= 0.3 is 0 Å². The number of halogens is 1. The Labute approximate surface area is 126 Å². The van der Waals surface area contributed by atoms with Gasteiger partial charge in [-0.2, -0.15) is 0 Å². The van der Waals surface area contributed by atoms with E-state index in [0.29, 0.717) is 25.5 Å². The monoisotopic (exact) mass is 296 g/mol. The topological polar surface area (TPSA) is 33.7 Å². The molecule has 0 amide bonds. The van der Waals surface area contributed by atoms with Crippen LogP contribution in [0, 0.1) is 5.82 Å². The molecule has 0 aliphatic carbocycles. The molecule has 21 heavy (non-hydrogen) atoms. The van der Waals surface area contributed by atoms with Crippen LogP contribution in [0.5, 0.6) is 5.75 Å². The number of likely N-dealkylation sites (N-methyl/N-ethyl adjacent to an activating group) is 1. The van der Waals surface area contributed by atoms with Crippen molar-refractivity contribution in [2.75, 3.05) is 39.9 Å². The number of para-hydroxylation sites is 1. The van der Waals surface area contributed by atoms with E-state index >= 15 is 0 Å². The van der Waals surface area contributed by atoms with Crippen LogP contribution in [0.25, 0.3) is 0 Å². The summed E-state index contributed by atoms with van der Waals surface area (Å²) in [6.07, 6.45) is 1.05. The molecular formula is C16H25FN2O2. The molecule has 1 aliphatic rings. The molecule has 0 saturated carbocycles. The summed E-state index contributed by atoms with van der Waals surface area (Å²) in [6, 6.07) is 5.05. The maximum absolute atomic E-state index is 14.0. The van der Waals surface area contributed by atoms with Gasteiger partial charge in [0.15, 0.2) is 11.6 Å². The van der Waals surface area contributed by atoms with Crippen molar-refractivity contribution in [1.29, 1.82) is 0 Å². The molecular weight excluding hydrogens is 271 g/mol. The van der Waals surface area contributed by atoms with Gasteiger partial charge < -0.3 is 19.7 Å². The van der Waals surface area contributed by atoms with E-state index in [1.807, 2.05) is 6.07 Å². The third kappa shape index (κ3) is 4.95. The fourth-order valence-electron chi connectivity index (χ4n) is 2.40. The van der Waals surface area contributed by atoms with Crippen molar-refractivity contribution in [3.63, 3.8) is 0 Å². The summed E-state index contributed by atoms with van der Waals surface area (Å²) in [6.45, 7) is 6.46. The quantitative estimate of drug-likeness (QED) is 0.781. The van der Waals surface area contributed by atoms with E-state index in [0.717, 1.165) is 31.6 Å². The first-order chi connectivity index (χ1) is 10.2. The van der Waals surface area contributed by atoms with Crippen molar-refractivity contribution in [3.05, 3.63) is 29.6 Å². The van der Waals surface area contributed by atoms with Gasteiger partial charge in [0.2, 0.25) is 0 Å². The maximum atomic E-state index is 14.0. The number of ether oxygens (including phenoxy) is 2. The normalized spacial score (nSPS) is 19.7. The van der Waals surface area contributed by atoms with E-state index in [-0.39, 0.29) is 11.9 Å². The van der Waals surface area contributed by atoms with E-state index in [2.05, 4.69) is 24.2 Å². The van der Waals surface area contributed by atoms with E-state index in [9.17, 15) is 4.39 Å². The number of nitrogens with one attached hydrogen (secondary N) is 1. The molecule has 1 saturated heterocycles. The van der Waals surface area contributed by atoms with Gasteiger partial charge in [-0.25, -0.2) is 4.39 Å². The summed E-state index contributed by atoms with van der Waals surface area (Å²) in [5, 5.41) is 3.28. The van der Waals surface area contributed by atoms with Crippen molar-refractivity contribution in [2.45, 2.75) is 26.0 Å². The molecule has 1 fully saturated rings. The summed E-state index contributed by atoms with van der Waals surface area (Å²) >= 11 is 0. The van der Waals surface area contributed by atoms with Gasteiger partial charge in [-0.3, -0.25) is 0 Å². The van der Waals surface area contributed by atoms with Crippen molar-refractivity contribution < 1.29 is 13.9 Å². The average molecular weight is 296 g/mol. The Bertz CT molecular complexity index is 442. The van der Waals surface area contributed by atoms with Gasteiger partial charge in [-0.15, -0.1) is 0 Å². The molecule has 2 rings (SSSR count). The van der Waals surface area contributed by atoms with Crippen LogP contribution in [-0.2, 0) is 11.3 Å². The van der Waals surface area contributed by atoms with Crippen LogP contribution in [0.1, 0.15) is 18.9 Å². The van der Waals surface area contributed by atoms with Crippen LogP contribution in [0.2, 0.25) is 0 Å². The Hall–Kier alpha value is -1.17. The second-order valence-corrected chi connectivity index (χ2v) is 5.47. The van der Waals surface area contributed by atoms with Crippen molar-refractivity contribution in [3.8, 4) is 5.75 Å². The van der Waals surface area contributed by atoms with E-state index < -0.39 is 0 Å². The van der Waals surface area contributed by atoms with Gasteiger partial charge in [0, 0.05) is 25.2 Å². The standard InChI is InChI=1S/C16H25FN2O2/c1-3-7-18-10-13-5-4-6-15(17)16(13)21-12-14-11-19(2)8-9-20-14/h4-6,14,18H,3,7-12H2,1-2H3. The maximum Gasteiger partial charge on any atom is 0.165 e. The first-order valence-corrected chi connectivity index (χ1v) is 7.61. The molecule has 1 aliphatic heterocycles. The third-order valence-electron chi connectivity index (χ3n) is 3.55. The molecule has 0 aromatic heterocycles. The van der Waals surface area contributed by atoms with Gasteiger partial charge in [-0.05, 0) is 26.1 Å². The molecule has 0 bridgehead atoms. The number of benzene rings is 1. The second kappa shape index (κ2) is 8.32. The predicted molar refractivity (Wildman–Crippen MR) is 81.1 cm³/mol. The van der Waals surface area contributed by atoms with Crippen molar-refractivity contribution in [2.24, 2.45) is 0 Å². The SMILES string of the molecule is CCCNCc1cccc(F)c1OCC1CN(C)CCO1. The Balaban J connectivity index is 1.94. The second-order valence-electron chi connectivity index (χ2n) is 5.47. The molecule has 1 aromatic rings. The Kier molecular flexibility index (Phi) is 6.42. The van der Waals surface area contributed by atoms with Crippen LogP contribution in [0.3, 0.4) is 0 Å². The lowest BCUT2D eigenvalue weighted by Crippen LogP contribution is -2.42. The molecule has 1 atom stereocenters. The molecule has 118 valence electrons. The summed E-state index contributed by atoms with van der Waals surface area (Å²) in [5.41, 5.74) is 0.854. The molecule has 1 unspecified atom stereocenters. The lowest BCUT2D eigenvalue weighted by atomic mass is 10.2. The number of morpholine rings is 1. The Morgan fingerprint density at radius 1 is 1.48 bits per heavy atom. The first kappa shape index (κ1) is 16.2. The minimum absolute atomic E-state index is 0.000179. The molecule has 5 heteroatoms.